The number of para-hydroxylation sites is 2. The Bertz CT molecular complexity index is 805. The molecular weight excluding hydrogens is 318 g/mol. The monoisotopic (exact) mass is 337 g/mol. The van der Waals surface area contributed by atoms with Crippen molar-refractivity contribution in [3.63, 3.8) is 0 Å². The Balaban J connectivity index is 1.82. The van der Waals surface area contributed by atoms with E-state index in [-0.39, 0.29) is 19.1 Å². The van der Waals surface area contributed by atoms with Crippen LogP contribution in [0.1, 0.15) is 16.7 Å². The first kappa shape index (κ1) is 18.0. The number of rotatable bonds is 6. The van der Waals surface area contributed by atoms with Crippen molar-refractivity contribution in [2.24, 2.45) is 0 Å². The molecule has 2 amide bonds. The van der Waals surface area contributed by atoms with Crippen LogP contribution >= 0.6 is 0 Å². The SMILES string of the molecule is Cc1cccc(C)c1NC(=O)CNC(=O)COc1ccccc1C#N. The maximum absolute atomic E-state index is 12.0. The Labute approximate surface area is 146 Å². The maximum Gasteiger partial charge on any atom is 0.258 e. The van der Waals surface area contributed by atoms with Crippen molar-refractivity contribution in [2.45, 2.75) is 13.8 Å². The summed E-state index contributed by atoms with van der Waals surface area (Å²) in [4.78, 5) is 23.8. The number of benzene rings is 2. The third kappa shape index (κ3) is 5.08. The Morgan fingerprint density at radius 3 is 2.40 bits per heavy atom. The molecule has 2 aromatic rings. The van der Waals surface area contributed by atoms with E-state index in [0.717, 1.165) is 16.8 Å². The van der Waals surface area contributed by atoms with Gasteiger partial charge in [0.1, 0.15) is 11.8 Å². The Morgan fingerprint density at radius 2 is 1.72 bits per heavy atom. The molecule has 0 bridgehead atoms. The number of ether oxygens (including phenoxy) is 1. The molecule has 0 spiro atoms. The van der Waals surface area contributed by atoms with Gasteiger partial charge in [0, 0.05) is 5.69 Å². The van der Waals surface area contributed by atoms with Gasteiger partial charge in [0.2, 0.25) is 5.91 Å². The first-order valence-corrected chi connectivity index (χ1v) is 7.76. The van der Waals surface area contributed by atoms with E-state index in [1.165, 1.54) is 0 Å². The number of aryl methyl sites for hydroxylation is 2. The Morgan fingerprint density at radius 1 is 1.04 bits per heavy atom. The van der Waals surface area contributed by atoms with E-state index >= 15 is 0 Å². The standard InChI is InChI=1S/C19H19N3O3/c1-13-6-5-7-14(2)19(13)22-17(23)11-21-18(24)12-25-16-9-4-3-8-15(16)10-20/h3-9H,11-12H2,1-2H3,(H,21,24)(H,22,23). The number of carbonyl (C=O) groups excluding carboxylic acids is 2. The average Bonchev–Trinajstić information content (AvgIpc) is 2.61. The number of hydrogen-bond acceptors (Lipinski definition) is 4. The molecule has 0 aromatic heterocycles. The molecule has 0 aliphatic carbocycles. The van der Waals surface area contributed by atoms with E-state index in [9.17, 15) is 9.59 Å². The Hall–Kier alpha value is -3.33. The molecule has 2 aromatic carbocycles. The summed E-state index contributed by atoms with van der Waals surface area (Å²) < 4.78 is 5.31. The van der Waals surface area contributed by atoms with Crippen molar-refractivity contribution in [3.8, 4) is 11.8 Å². The highest BCUT2D eigenvalue weighted by molar-refractivity contribution is 5.95. The van der Waals surface area contributed by atoms with E-state index in [1.807, 2.05) is 38.1 Å². The van der Waals surface area contributed by atoms with Gasteiger partial charge in [-0.15, -0.1) is 0 Å². The van der Waals surface area contributed by atoms with E-state index in [0.29, 0.717) is 11.3 Å². The molecule has 25 heavy (non-hydrogen) atoms. The second-order valence-electron chi connectivity index (χ2n) is 5.49. The van der Waals surface area contributed by atoms with Gasteiger partial charge < -0.3 is 15.4 Å². The lowest BCUT2D eigenvalue weighted by Crippen LogP contribution is -2.36. The molecule has 0 aliphatic rings. The zero-order chi connectivity index (χ0) is 18.2. The van der Waals surface area contributed by atoms with Gasteiger partial charge in [0.15, 0.2) is 6.61 Å². The van der Waals surface area contributed by atoms with Gasteiger partial charge in [-0.2, -0.15) is 5.26 Å². The number of nitrogens with one attached hydrogen (secondary N) is 2. The van der Waals surface area contributed by atoms with Crippen molar-refractivity contribution in [2.75, 3.05) is 18.5 Å². The molecule has 0 aliphatic heterocycles. The molecule has 0 radical (unpaired) electrons. The number of hydrogen-bond donors (Lipinski definition) is 2. The minimum Gasteiger partial charge on any atom is -0.482 e. The van der Waals surface area contributed by atoms with Gasteiger partial charge in [0.25, 0.3) is 5.91 Å². The number of amides is 2. The number of anilines is 1. The van der Waals surface area contributed by atoms with E-state index < -0.39 is 5.91 Å². The minimum absolute atomic E-state index is 0.157. The first-order chi connectivity index (χ1) is 12.0. The normalized spacial score (nSPS) is 9.80. The summed E-state index contributed by atoms with van der Waals surface area (Å²) in [5.41, 5.74) is 3.01. The van der Waals surface area contributed by atoms with Crippen molar-refractivity contribution < 1.29 is 14.3 Å². The Kier molecular flexibility index (Phi) is 6.13. The fourth-order valence-electron chi connectivity index (χ4n) is 2.25. The van der Waals surface area contributed by atoms with Gasteiger partial charge in [-0.1, -0.05) is 30.3 Å². The zero-order valence-electron chi connectivity index (χ0n) is 14.1. The third-order valence-corrected chi connectivity index (χ3v) is 3.56. The number of nitriles is 1. The van der Waals surface area contributed by atoms with Crippen LogP contribution < -0.4 is 15.4 Å². The number of carbonyl (C=O) groups is 2. The van der Waals surface area contributed by atoms with Crippen LogP contribution in [0, 0.1) is 25.2 Å². The van der Waals surface area contributed by atoms with Gasteiger partial charge >= 0.3 is 0 Å². The molecule has 0 unspecified atom stereocenters. The van der Waals surface area contributed by atoms with Crippen LogP contribution in [0.15, 0.2) is 42.5 Å². The van der Waals surface area contributed by atoms with Crippen LogP contribution in [0.5, 0.6) is 5.75 Å². The van der Waals surface area contributed by atoms with Crippen LogP contribution in [0.2, 0.25) is 0 Å². The highest BCUT2D eigenvalue weighted by Crippen LogP contribution is 2.19. The summed E-state index contributed by atoms with van der Waals surface area (Å²) in [6.45, 7) is 3.38. The van der Waals surface area contributed by atoms with Crippen molar-refractivity contribution in [1.82, 2.24) is 5.32 Å². The summed E-state index contributed by atoms with van der Waals surface area (Å²) in [6.07, 6.45) is 0. The molecule has 0 saturated carbocycles. The largest absolute Gasteiger partial charge is 0.482 e. The fraction of sp³-hybridized carbons (Fsp3) is 0.211. The third-order valence-electron chi connectivity index (χ3n) is 3.56. The predicted molar refractivity (Wildman–Crippen MR) is 94.2 cm³/mol. The second kappa shape index (κ2) is 8.50. The van der Waals surface area contributed by atoms with Gasteiger partial charge in [-0.05, 0) is 37.1 Å². The summed E-state index contributed by atoms with van der Waals surface area (Å²) >= 11 is 0. The minimum atomic E-state index is -0.440. The first-order valence-electron chi connectivity index (χ1n) is 7.76. The molecule has 0 fully saturated rings. The topological polar surface area (TPSA) is 91.2 Å². The van der Waals surface area contributed by atoms with Crippen LogP contribution in [0.3, 0.4) is 0 Å². The van der Waals surface area contributed by atoms with Crippen LogP contribution in [-0.2, 0) is 9.59 Å². The molecular formula is C19H19N3O3. The maximum atomic E-state index is 12.0. The van der Waals surface area contributed by atoms with Gasteiger partial charge in [0.05, 0.1) is 12.1 Å². The molecule has 0 saturated heterocycles. The van der Waals surface area contributed by atoms with Gasteiger partial charge in [-0.3, -0.25) is 9.59 Å². The van der Waals surface area contributed by atoms with Crippen LogP contribution in [0.4, 0.5) is 5.69 Å². The summed E-state index contributed by atoms with van der Waals surface area (Å²) in [6, 6.07) is 14.3. The lowest BCUT2D eigenvalue weighted by molar-refractivity contribution is -0.125. The molecule has 2 rings (SSSR count). The lowest BCUT2D eigenvalue weighted by Gasteiger charge is -2.12. The summed E-state index contributed by atoms with van der Waals surface area (Å²) in [5.74, 6) is -0.423. The quantitative estimate of drug-likeness (QED) is 0.846. The molecule has 2 N–H and O–H groups in total. The summed E-state index contributed by atoms with van der Waals surface area (Å²) in [7, 11) is 0. The van der Waals surface area contributed by atoms with Crippen LogP contribution in [-0.4, -0.2) is 25.0 Å². The van der Waals surface area contributed by atoms with Crippen LogP contribution in [0.25, 0.3) is 0 Å². The van der Waals surface area contributed by atoms with E-state index in [2.05, 4.69) is 10.6 Å². The highest BCUT2D eigenvalue weighted by Gasteiger charge is 2.10. The molecule has 0 heterocycles. The van der Waals surface area contributed by atoms with Crippen molar-refractivity contribution in [1.29, 1.82) is 5.26 Å². The van der Waals surface area contributed by atoms with Gasteiger partial charge in [-0.25, -0.2) is 0 Å². The smallest absolute Gasteiger partial charge is 0.258 e. The lowest BCUT2D eigenvalue weighted by atomic mass is 10.1. The fourth-order valence-corrected chi connectivity index (χ4v) is 2.25. The van der Waals surface area contributed by atoms with E-state index in [4.69, 9.17) is 10.00 Å². The molecule has 0 atom stereocenters. The highest BCUT2D eigenvalue weighted by atomic mass is 16.5. The number of nitrogens with zero attached hydrogens (tertiary/aromatic N) is 1. The van der Waals surface area contributed by atoms with Crippen molar-refractivity contribution >= 4 is 17.5 Å². The molecule has 6 heteroatoms. The molecule has 6 nitrogen and oxygen atoms in total. The van der Waals surface area contributed by atoms with E-state index in [1.54, 1.807) is 24.3 Å². The second-order valence-corrected chi connectivity index (χ2v) is 5.49. The predicted octanol–water partition coefficient (Wildman–Crippen LogP) is 2.31. The average molecular weight is 337 g/mol. The molecule has 128 valence electrons. The van der Waals surface area contributed by atoms with Crippen molar-refractivity contribution in [3.05, 3.63) is 59.2 Å². The zero-order valence-corrected chi connectivity index (χ0v) is 14.1. The summed E-state index contributed by atoms with van der Waals surface area (Å²) in [5, 5.41) is 14.2.